The normalized spacial score (nSPS) is 13.8. The molecule has 5 aromatic heterocycles. The van der Waals surface area contributed by atoms with Gasteiger partial charge in [-0.15, -0.1) is 65.4 Å². The van der Waals surface area contributed by atoms with Gasteiger partial charge < -0.3 is 14.4 Å². The Morgan fingerprint density at radius 2 is 1.76 bits per heavy atom. The molecule has 0 spiro atoms. The van der Waals surface area contributed by atoms with Gasteiger partial charge in [-0.3, -0.25) is 0 Å². The molecule has 213 valence electrons. The van der Waals surface area contributed by atoms with E-state index in [0.29, 0.717) is 22.4 Å². The average Bonchev–Trinajstić information content (AvgIpc) is 3.58. The predicted octanol–water partition coefficient (Wildman–Crippen LogP) is 9.81. The maximum atomic E-state index is 8.88. The number of benzene rings is 2. The van der Waals surface area contributed by atoms with Gasteiger partial charge in [0, 0.05) is 65.7 Å². The number of furan rings is 1. The van der Waals surface area contributed by atoms with Gasteiger partial charge in [-0.1, -0.05) is 43.9 Å². The Kier molecular flexibility index (Phi) is 6.96. The molecule has 7 rings (SSSR count). The van der Waals surface area contributed by atoms with Crippen LogP contribution < -0.4 is 0 Å². The van der Waals surface area contributed by atoms with Gasteiger partial charge in [-0.25, -0.2) is 4.98 Å². The molecule has 0 saturated carbocycles. The van der Waals surface area contributed by atoms with Crippen LogP contribution in [-0.4, -0.2) is 15.0 Å². The Morgan fingerprint density at radius 3 is 2.50 bits per heavy atom. The molecular weight excluding hydrogens is 715 g/mol. The van der Waals surface area contributed by atoms with Crippen LogP contribution >= 0.6 is 11.3 Å². The van der Waals surface area contributed by atoms with Gasteiger partial charge in [0.2, 0.25) is 5.71 Å². The zero-order valence-corrected chi connectivity index (χ0v) is 26.8. The fourth-order valence-corrected chi connectivity index (χ4v) is 5.82. The maximum absolute atomic E-state index is 8.88. The third kappa shape index (κ3) is 6.07. The molecule has 0 unspecified atom stereocenters. The summed E-state index contributed by atoms with van der Waals surface area (Å²) in [4.78, 5) is 14.0. The van der Waals surface area contributed by atoms with Gasteiger partial charge in [-0.05, 0) is 66.5 Å². The molecular formula is C36H31IrN3OS-2. The van der Waals surface area contributed by atoms with Crippen LogP contribution in [0.15, 0.2) is 89.6 Å². The summed E-state index contributed by atoms with van der Waals surface area (Å²) in [7, 11) is 0. The number of hydrogen-bond donors (Lipinski definition) is 0. The van der Waals surface area contributed by atoms with Crippen molar-refractivity contribution >= 4 is 43.5 Å². The monoisotopic (exact) mass is 751 g/mol. The summed E-state index contributed by atoms with van der Waals surface area (Å²) in [6, 6.07) is 28.8. The Balaban J connectivity index is 0.000000280. The first-order valence-corrected chi connectivity index (χ1v) is 14.1. The first-order valence-electron chi connectivity index (χ1n) is 15.8. The van der Waals surface area contributed by atoms with E-state index in [9.17, 15) is 0 Å². The first-order chi connectivity index (χ1) is 21.8. The fraction of sp³-hybridized carbons (Fsp3) is 0.194. The zero-order valence-electron chi connectivity index (χ0n) is 28.6. The van der Waals surface area contributed by atoms with E-state index in [0.717, 1.165) is 37.0 Å². The molecule has 7 aromatic rings. The fourth-order valence-electron chi connectivity index (χ4n) is 4.72. The Hall–Kier alpha value is -3.70. The van der Waals surface area contributed by atoms with Crippen molar-refractivity contribution in [2.45, 2.75) is 40.9 Å². The molecule has 0 N–H and O–H groups in total. The predicted molar refractivity (Wildman–Crippen MR) is 170 cm³/mol. The molecule has 42 heavy (non-hydrogen) atoms. The van der Waals surface area contributed by atoms with Crippen LogP contribution in [0.1, 0.15) is 43.8 Å². The molecule has 4 nitrogen and oxygen atoms in total. The van der Waals surface area contributed by atoms with Crippen LogP contribution in [0.25, 0.3) is 54.7 Å². The second-order valence-electron chi connectivity index (χ2n) is 10.7. The number of hydrogen-bond acceptors (Lipinski definition) is 5. The number of pyridine rings is 3. The minimum Gasteiger partial charge on any atom is -0.486 e. The number of aryl methyl sites for hydroxylation is 2. The van der Waals surface area contributed by atoms with Crippen LogP contribution in [0.5, 0.6) is 0 Å². The van der Waals surface area contributed by atoms with E-state index >= 15 is 0 Å². The van der Waals surface area contributed by atoms with Crippen LogP contribution in [-0.2, 0) is 26.5 Å². The largest absolute Gasteiger partial charge is 0.486 e. The van der Waals surface area contributed by atoms with Crippen LogP contribution in [0.2, 0.25) is 0 Å². The molecule has 0 aliphatic heterocycles. The van der Waals surface area contributed by atoms with E-state index in [1.807, 2.05) is 82.3 Å². The standard InChI is InChI=1S/C25H23N2OS.C11H8N.Ir/c1-14-9-10-18-16-7-6-8-19(22(16)28-24(18)27-14)21-23-17(11-12-26-21)20(15(2)29-23)13-25(3,4)5;1-2-6-10(7-3-1)11-8-4-5-9-12-11;/h6-7,9-12H,13H2,1-5H3;1-6,8-9H;/q2*-1;/i1D3,13D2;;. The number of rotatable bonds is 3. The summed E-state index contributed by atoms with van der Waals surface area (Å²) >= 11 is 1.51. The van der Waals surface area contributed by atoms with Crippen molar-refractivity contribution in [2.75, 3.05) is 0 Å². The van der Waals surface area contributed by atoms with Crippen LogP contribution in [0.4, 0.5) is 0 Å². The van der Waals surface area contributed by atoms with E-state index < -0.39 is 18.6 Å². The van der Waals surface area contributed by atoms with Gasteiger partial charge >= 0.3 is 0 Å². The summed E-state index contributed by atoms with van der Waals surface area (Å²) in [6.07, 6.45) is 1.93. The summed E-state index contributed by atoms with van der Waals surface area (Å²) in [5.41, 5.74) is 4.16. The maximum Gasteiger partial charge on any atom is 0.216 e. The second-order valence-corrected chi connectivity index (χ2v) is 11.9. The number of nitrogens with zero attached hydrogens (tertiary/aromatic N) is 3. The summed E-state index contributed by atoms with van der Waals surface area (Å²) in [6.45, 7) is 5.33. The van der Waals surface area contributed by atoms with Gasteiger partial charge in [0.1, 0.15) is 0 Å². The molecule has 1 radical (unpaired) electrons. The smallest absolute Gasteiger partial charge is 0.216 e. The van der Waals surface area contributed by atoms with E-state index in [-0.39, 0.29) is 31.5 Å². The second kappa shape index (κ2) is 12.3. The van der Waals surface area contributed by atoms with E-state index in [2.05, 4.69) is 27.1 Å². The van der Waals surface area contributed by atoms with Gasteiger partial charge in [0.25, 0.3) is 0 Å². The molecule has 2 aromatic carbocycles. The third-order valence-electron chi connectivity index (χ3n) is 6.47. The van der Waals surface area contributed by atoms with Gasteiger partial charge in [0.15, 0.2) is 0 Å². The molecule has 0 fully saturated rings. The van der Waals surface area contributed by atoms with E-state index in [1.54, 1.807) is 24.5 Å². The van der Waals surface area contributed by atoms with E-state index in [4.69, 9.17) is 11.3 Å². The Bertz CT molecular complexity index is 2140. The van der Waals surface area contributed by atoms with Crippen molar-refractivity contribution in [1.82, 2.24) is 15.0 Å². The van der Waals surface area contributed by atoms with Crippen molar-refractivity contribution in [3.63, 3.8) is 0 Å². The van der Waals surface area contributed by atoms with Gasteiger partial charge in [0.05, 0.1) is 5.58 Å². The summed E-state index contributed by atoms with van der Waals surface area (Å²) in [5, 5.41) is 2.35. The zero-order chi connectivity index (χ0) is 32.9. The molecule has 5 heterocycles. The van der Waals surface area contributed by atoms with Crippen molar-refractivity contribution in [1.29, 1.82) is 0 Å². The van der Waals surface area contributed by atoms with Crippen molar-refractivity contribution in [3.05, 3.63) is 113 Å². The molecule has 0 atom stereocenters. The quantitative estimate of drug-likeness (QED) is 0.169. The van der Waals surface area contributed by atoms with Crippen molar-refractivity contribution < 1.29 is 31.4 Å². The molecule has 0 bridgehead atoms. The molecule has 0 saturated heterocycles. The first kappa shape index (κ1) is 23.8. The SMILES string of the molecule is [2H]C([2H])([2H])c1ccc2c(n1)oc1c(-c3nccc4c(C([2H])([2H])C(C)(C)C)c(C)sc34)[c-]ccc12.[Ir].[c-]1ccccc1-c1ccccn1. The summed E-state index contributed by atoms with van der Waals surface area (Å²) < 4.78 is 47.7. The van der Waals surface area contributed by atoms with Crippen LogP contribution in [0.3, 0.4) is 0 Å². The number of aromatic nitrogens is 3. The average molecular weight is 751 g/mol. The van der Waals surface area contributed by atoms with Crippen molar-refractivity contribution in [3.8, 4) is 22.5 Å². The molecule has 0 aliphatic rings. The third-order valence-corrected chi connectivity index (χ3v) is 7.59. The minimum atomic E-state index is -2.33. The number of fused-ring (bicyclic) bond motifs is 4. The molecule has 0 amide bonds. The minimum absolute atomic E-state index is 0. The molecule has 0 aliphatic carbocycles. The Morgan fingerprint density at radius 1 is 0.905 bits per heavy atom. The topological polar surface area (TPSA) is 51.8 Å². The molecule has 6 heteroatoms. The summed E-state index contributed by atoms with van der Waals surface area (Å²) in [5.74, 6) is 0. The van der Waals surface area contributed by atoms with E-state index in [1.165, 1.54) is 17.4 Å². The Labute approximate surface area is 271 Å². The number of thiophene rings is 1. The van der Waals surface area contributed by atoms with Gasteiger partial charge in [-0.2, -0.15) is 0 Å². The van der Waals surface area contributed by atoms with Crippen LogP contribution in [0, 0.1) is 31.3 Å². The van der Waals surface area contributed by atoms with Crippen molar-refractivity contribution in [2.24, 2.45) is 5.41 Å².